The van der Waals surface area contributed by atoms with Gasteiger partial charge in [-0.05, 0) is 47.5 Å². The van der Waals surface area contributed by atoms with E-state index in [-0.39, 0.29) is 24.1 Å². The Balaban J connectivity index is 1.37. The molecule has 3 aromatic carbocycles. The van der Waals surface area contributed by atoms with Crippen molar-refractivity contribution in [3.8, 4) is 17.2 Å². The van der Waals surface area contributed by atoms with Crippen molar-refractivity contribution in [2.75, 3.05) is 13.4 Å². The van der Waals surface area contributed by atoms with E-state index in [4.69, 9.17) is 14.2 Å². The van der Waals surface area contributed by atoms with E-state index in [2.05, 4.69) is 5.32 Å². The molecule has 7 heteroatoms. The Morgan fingerprint density at radius 1 is 1.07 bits per heavy atom. The van der Waals surface area contributed by atoms with Gasteiger partial charge in [0, 0.05) is 0 Å². The smallest absolute Gasteiger partial charge is 0.342 e. The van der Waals surface area contributed by atoms with E-state index in [0.717, 1.165) is 16.3 Å². The van der Waals surface area contributed by atoms with Crippen molar-refractivity contribution in [1.29, 1.82) is 0 Å². The maximum Gasteiger partial charge on any atom is 0.342 e. The lowest BCUT2D eigenvalue weighted by Crippen LogP contribution is -2.31. The van der Waals surface area contributed by atoms with Gasteiger partial charge in [-0.1, -0.05) is 30.3 Å². The van der Waals surface area contributed by atoms with Crippen LogP contribution >= 0.6 is 0 Å². The van der Waals surface area contributed by atoms with Gasteiger partial charge < -0.3 is 24.6 Å². The monoisotopic (exact) mass is 393 g/mol. The van der Waals surface area contributed by atoms with Crippen LogP contribution in [0.3, 0.4) is 0 Å². The molecule has 1 unspecified atom stereocenters. The molecule has 4 rings (SSSR count). The molecule has 0 bridgehead atoms. The highest BCUT2D eigenvalue weighted by molar-refractivity contribution is 5.99. The van der Waals surface area contributed by atoms with E-state index >= 15 is 0 Å². The van der Waals surface area contributed by atoms with Gasteiger partial charge in [-0.25, -0.2) is 4.79 Å². The molecular weight excluding hydrogens is 374 g/mol. The predicted octanol–water partition coefficient (Wildman–Crippen LogP) is 3.31. The number of fused-ring (bicyclic) bond motifs is 2. The van der Waals surface area contributed by atoms with Crippen LogP contribution in [0, 0.1) is 0 Å². The van der Waals surface area contributed by atoms with Crippen LogP contribution in [0.2, 0.25) is 0 Å². The zero-order valence-corrected chi connectivity index (χ0v) is 15.7. The lowest BCUT2D eigenvalue weighted by molar-refractivity contribution is -0.124. The number of carbonyl (C=O) groups is 2. The van der Waals surface area contributed by atoms with E-state index in [1.54, 1.807) is 18.2 Å². The highest BCUT2D eigenvalue weighted by Crippen LogP contribution is 2.34. The van der Waals surface area contributed by atoms with Crippen LogP contribution in [0.25, 0.3) is 10.8 Å². The summed E-state index contributed by atoms with van der Waals surface area (Å²) >= 11 is 0. The summed E-state index contributed by atoms with van der Waals surface area (Å²) in [6.45, 7) is 1.53. The highest BCUT2D eigenvalue weighted by atomic mass is 16.7. The third-order valence-corrected chi connectivity index (χ3v) is 4.69. The molecule has 0 aromatic heterocycles. The number of nitrogens with one attached hydrogen (secondary N) is 1. The lowest BCUT2D eigenvalue weighted by Gasteiger charge is -2.15. The first kappa shape index (κ1) is 18.6. The number of amides is 1. The summed E-state index contributed by atoms with van der Waals surface area (Å²) < 4.78 is 15.7. The van der Waals surface area contributed by atoms with Crippen LogP contribution in [-0.4, -0.2) is 30.4 Å². The van der Waals surface area contributed by atoms with Crippen LogP contribution in [0.1, 0.15) is 28.9 Å². The van der Waals surface area contributed by atoms with E-state index in [9.17, 15) is 14.7 Å². The van der Waals surface area contributed by atoms with Crippen molar-refractivity contribution in [2.24, 2.45) is 0 Å². The molecule has 148 valence electrons. The minimum Gasteiger partial charge on any atom is -0.507 e. The summed E-state index contributed by atoms with van der Waals surface area (Å²) in [5, 5.41) is 14.4. The van der Waals surface area contributed by atoms with Gasteiger partial charge in [0.25, 0.3) is 5.91 Å². The molecule has 2 N–H and O–H groups in total. The largest absolute Gasteiger partial charge is 0.507 e. The number of hydrogen-bond donors (Lipinski definition) is 2. The number of hydrogen-bond acceptors (Lipinski definition) is 6. The molecule has 0 saturated carbocycles. The summed E-state index contributed by atoms with van der Waals surface area (Å²) in [5.74, 6) is -0.121. The van der Waals surface area contributed by atoms with Crippen LogP contribution < -0.4 is 14.8 Å². The quantitative estimate of drug-likeness (QED) is 0.646. The molecule has 0 fully saturated rings. The van der Waals surface area contributed by atoms with E-state index < -0.39 is 18.5 Å². The maximum atomic E-state index is 12.3. The number of benzene rings is 3. The van der Waals surface area contributed by atoms with Crippen molar-refractivity contribution in [2.45, 2.75) is 13.0 Å². The Bertz CT molecular complexity index is 1090. The molecular formula is C22H19NO6. The molecule has 3 aromatic rings. The Labute approximate surface area is 166 Å². The topological polar surface area (TPSA) is 94.1 Å². The second-order valence-electron chi connectivity index (χ2n) is 6.69. The summed E-state index contributed by atoms with van der Waals surface area (Å²) in [6.07, 6.45) is 0. The number of phenolic OH excluding ortho intramolecular Hbond substituents is 1. The molecule has 1 aliphatic heterocycles. The van der Waals surface area contributed by atoms with Crippen molar-refractivity contribution in [3.63, 3.8) is 0 Å². The Morgan fingerprint density at radius 3 is 2.59 bits per heavy atom. The number of aromatic hydroxyl groups is 1. The van der Waals surface area contributed by atoms with Gasteiger partial charge in [0.05, 0.1) is 6.04 Å². The summed E-state index contributed by atoms with van der Waals surface area (Å²) in [4.78, 5) is 24.5. The van der Waals surface area contributed by atoms with Crippen molar-refractivity contribution in [1.82, 2.24) is 5.32 Å². The molecule has 1 amide bonds. The van der Waals surface area contributed by atoms with E-state index in [1.807, 2.05) is 37.3 Å². The molecule has 0 aliphatic carbocycles. The fraction of sp³-hybridized carbons (Fsp3) is 0.182. The van der Waals surface area contributed by atoms with Gasteiger partial charge in [0.2, 0.25) is 6.79 Å². The van der Waals surface area contributed by atoms with Gasteiger partial charge in [-0.3, -0.25) is 4.79 Å². The first-order chi connectivity index (χ1) is 14.0. The Kier molecular flexibility index (Phi) is 4.95. The number of esters is 1. The Hall–Kier alpha value is -3.74. The highest BCUT2D eigenvalue weighted by Gasteiger charge is 2.19. The lowest BCUT2D eigenvalue weighted by atomic mass is 10.1. The average Bonchev–Trinajstić information content (AvgIpc) is 3.19. The predicted molar refractivity (Wildman–Crippen MR) is 105 cm³/mol. The number of phenols is 1. The van der Waals surface area contributed by atoms with Crippen LogP contribution in [-0.2, 0) is 9.53 Å². The number of carbonyl (C=O) groups excluding carboxylic acids is 2. The molecule has 0 radical (unpaired) electrons. The van der Waals surface area contributed by atoms with Gasteiger partial charge in [0.15, 0.2) is 18.1 Å². The second kappa shape index (κ2) is 7.71. The zero-order valence-electron chi connectivity index (χ0n) is 15.7. The molecule has 1 atom stereocenters. The van der Waals surface area contributed by atoms with E-state index in [1.165, 1.54) is 6.07 Å². The molecule has 1 aliphatic rings. The van der Waals surface area contributed by atoms with Crippen LogP contribution in [0.5, 0.6) is 17.2 Å². The maximum absolute atomic E-state index is 12.3. The summed E-state index contributed by atoms with van der Waals surface area (Å²) in [6, 6.07) is 15.5. The Morgan fingerprint density at radius 2 is 1.79 bits per heavy atom. The molecule has 7 nitrogen and oxygen atoms in total. The average molecular weight is 393 g/mol. The van der Waals surface area contributed by atoms with Crippen LogP contribution in [0.15, 0.2) is 54.6 Å². The standard InChI is InChI=1S/C22H19NO6/c1-13(14-6-7-19-20(10-14)29-12-28-19)23-21(25)11-27-22(26)17-8-15-4-2-3-5-16(15)9-18(17)24/h2-10,13,24H,11-12H2,1H3,(H,23,25). The number of rotatable bonds is 5. The fourth-order valence-corrected chi connectivity index (χ4v) is 3.15. The molecule has 0 saturated heterocycles. The third kappa shape index (κ3) is 3.94. The zero-order chi connectivity index (χ0) is 20.4. The van der Waals surface area contributed by atoms with Gasteiger partial charge in [0.1, 0.15) is 11.3 Å². The fourth-order valence-electron chi connectivity index (χ4n) is 3.15. The normalized spacial score (nSPS) is 13.1. The summed E-state index contributed by atoms with van der Waals surface area (Å²) in [7, 11) is 0. The van der Waals surface area contributed by atoms with Gasteiger partial charge >= 0.3 is 5.97 Å². The van der Waals surface area contributed by atoms with Crippen molar-refractivity contribution in [3.05, 3.63) is 65.7 Å². The SMILES string of the molecule is CC(NC(=O)COC(=O)c1cc2ccccc2cc1O)c1ccc2c(c1)OCO2. The molecule has 1 heterocycles. The third-order valence-electron chi connectivity index (χ3n) is 4.69. The van der Waals surface area contributed by atoms with Crippen molar-refractivity contribution < 1.29 is 28.9 Å². The minimum absolute atomic E-state index is 0.0142. The van der Waals surface area contributed by atoms with Crippen LogP contribution in [0.4, 0.5) is 0 Å². The summed E-state index contributed by atoms with van der Waals surface area (Å²) in [5.41, 5.74) is 0.849. The molecule has 0 spiro atoms. The van der Waals surface area contributed by atoms with E-state index in [0.29, 0.717) is 11.5 Å². The van der Waals surface area contributed by atoms with Gasteiger partial charge in [-0.15, -0.1) is 0 Å². The second-order valence-corrected chi connectivity index (χ2v) is 6.69. The first-order valence-corrected chi connectivity index (χ1v) is 9.09. The van der Waals surface area contributed by atoms with Gasteiger partial charge in [-0.2, -0.15) is 0 Å². The molecule has 29 heavy (non-hydrogen) atoms. The first-order valence-electron chi connectivity index (χ1n) is 9.09. The van der Waals surface area contributed by atoms with Crippen molar-refractivity contribution >= 4 is 22.6 Å². The minimum atomic E-state index is -0.765. The number of ether oxygens (including phenoxy) is 3.